The molecule has 2 aromatic carbocycles. The SMILES string of the molecule is CC(C)(c1cccc(-n2[c-]cc3ccccc32)n1)c1cccc(-n2[c-]cc3ccccc32)n1.[Pt+2]. The van der Waals surface area contributed by atoms with Crippen molar-refractivity contribution in [1.29, 1.82) is 0 Å². The van der Waals surface area contributed by atoms with Crippen molar-refractivity contribution in [3.8, 4) is 11.6 Å². The van der Waals surface area contributed by atoms with Gasteiger partial charge in [-0.15, -0.1) is 35.0 Å². The quantitative estimate of drug-likeness (QED) is 0.217. The molecule has 168 valence electrons. The summed E-state index contributed by atoms with van der Waals surface area (Å²) in [5.41, 5.74) is 3.71. The van der Waals surface area contributed by atoms with Crippen LogP contribution in [0.5, 0.6) is 0 Å². The van der Waals surface area contributed by atoms with E-state index in [-0.39, 0.29) is 21.1 Å². The summed E-state index contributed by atoms with van der Waals surface area (Å²) in [6, 6.07) is 32.8. The molecule has 4 aromatic heterocycles. The van der Waals surface area contributed by atoms with Gasteiger partial charge in [0.05, 0.1) is 11.6 Å². The monoisotopic (exact) mass is 621 g/mol. The van der Waals surface area contributed by atoms with E-state index in [1.807, 2.05) is 57.7 Å². The Bertz CT molecular complexity index is 1490. The minimum Gasteiger partial charge on any atom is -0.429 e. The summed E-state index contributed by atoms with van der Waals surface area (Å²) in [5.74, 6) is 1.70. The molecule has 0 saturated heterocycles. The minimum absolute atomic E-state index is 0. The number of aromatic nitrogens is 4. The molecule has 4 heterocycles. The summed E-state index contributed by atoms with van der Waals surface area (Å²) < 4.78 is 4.03. The van der Waals surface area contributed by atoms with Crippen LogP contribution in [-0.2, 0) is 26.5 Å². The molecular weight excluding hydrogens is 599 g/mol. The molecule has 0 aliphatic rings. The van der Waals surface area contributed by atoms with Crippen LogP contribution in [0.15, 0.2) is 97.1 Å². The molecule has 34 heavy (non-hydrogen) atoms. The van der Waals surface area contributed by atoms with E-state index in [2.05, 4.69) is 74.8 Å². The topological polar surface area (TPSA) is 35.6 Å². The van der Waals surface area contributed by atoms with Gasteiger partial charge in [-0.05, 0) is 26.0 Å². The molecule has 0 saturated carbocycles. The zero-order valence-corrected chi connectivity index (χ0v) is 21.1. The number of pyridine rings is 2. The van der Waals surface area contributed by atoms with Gasteiger partial charge in [-0.1, -0.05) is 84.1 Å². The Morgan fingerprint density at radius 3 is 1.50 bits per heavy atom. The van der Waals surface area contributed by atoms with Crippen molar-refractivity contribution in [3.05, 3.63) is 121 Å². The summed E-state index contributed by atoms with van der Waals surface area (Å²) in [7, 11) is 0. The summed E-state index contributed by atoms with van der Waals surface area (Å²) in [5, 5.41) is 2.29. The molecule has 6 aromatic rings. The molecule has 0 amide bonds. The third-order valence-corrected chi connectivity index (χ3v) is 6.26. The van der Waals surface area contributed by atoms with Crippen molar-refractivity contribution in [2.45, 2.75) is 19.3 Å². The number of fused-ring (bicyclic) bond motifs is 2. The van der Waals surface area contributed by atoms with Crippen LogP contribution < -0.4 is 0 Å². The molecule has 0 aliphatic carbocycles. The molecule has 0 bridgehead atoms. The van der Waals surface area contributed by atoms with E-state index < -0.39 is 5.41 Å². The van der Waals surface area contributed by atoms with Crippen molar-refractivity contribution in [2.75, 3.05) is 0 Å². The predicted molar refractivity (Wildman–Crippen MR) is 132 cm³/mol. The van der Waals surface area contributed by atoms with Crippen molar-refractivity contribution in [2.24, 2.45) is 0 Å². The van der Waals surface area contributed by atoms with E-state index in [1.54, 1.807) is 0 Å². The number of hydrogen-bond donors (Lipinski definition) is 0. The van der Waals surface area contributed by atoms with Gasteiger partial charge in [-0.2, -0.15) is 0 Å². The van der Waals surface area contributed by atoms with Crippen molar-refractivity contribution in [1.82, 2.24) is 19.1 Å². The Morgan fingerprint density at radius 2 is 1.03 bits per heavy atom. The second-order valence-corrected chi connectivity index (χ2v) is 8.72. The largest absolute Gasteiger partial charge is 2.00 e. The molecule has 5 heteroatoms. The second kappa shape index (κ2) is 8.70. The summed E-state index contributed by atoms with van der Waals surface area (Å²) in [4.78, 5) is 10.1. The van der Waals surface area contributed by atoms with E-state index in [0.29, 0.717) is 0 Å². The molecule has 0 unspecified atom stereocenters. The number of hydrogen-bond acceptors (Lipinski definition) is 2. The normalized spacial score (nSPS) is 11.6. The fourth-order valence-electron chi connectivity index (χ4n) is 4.34. The van der Waals surface area contributed by atoms with Gasteiger partial charge >= 0.3 is 21.1 Å². The van der Waals surface area contributed by atoms with E-state index in [4.69, 9.17) is 9.97 Å². The molecule has 4 nitrogen and oxygen atoms in total. The standard InChI is InChI=1S/C29H22N4.Pt/c1-29(2,25-13-7-15-27(30-25)32-19-17-21-9-3-5-11-23(21)32)26-14-8-16-28(31-26)33-20-18-22-10-4-6-12-24(22)33;/h3-18H,1-2H3;/q-2;+2. The third kappa shape index (κ3) is 3.69. The fraction of sp³-hybridized carbons (Fsp3) is 0.103. The average Bonchev–Trinajstić information content (AvgIpc) is 3.49. The van der Waals surface area contributed by atoms with Crippen LogP contribution in [0.25, 0.3) is 33.4 Å². The first-order valence-electron chi connectivity index (χ1n) is 11.0. The average molecular weight is 622 g/mol. The van der Waals surface area contributed by atoms with Crippen LogP contribution in [0, 0.1) is 12.4 Å². The Balaban J connectivity index is 0.00000241. The van der Waals surface area contributed by atoms with E-state index in [9.17, 15) is 0 Å². The fourth-order valence-corrected chi connectivity index (χ4v) is 4.34. The Kier molecular flexibility index (Phi) is 5.71. The Hall–Kier alpha value is -3.49. The molecule has 0 spiro atoms. The number of nitrogens with zero attached hydrogens (tertiary/aromatic N) is 4. The van der Waals surface area contributed by atoms with E-state index in [1.165, 1.54) is 0 Å². The van der Waals surface area contributed by atoms with Gasteiger partial charge < -0.3 is 9.13 Å². The van der Waals surface area contributed by atoms with Crippen LogP contribution in [0.3, 0.4) is 0 Å². The van der Waals surface area contributed by atoms with Crippen molar-refractivity contribution < 1.29 is 21.1 Å². The maximum atomic E-state index is 5.03. The summed E-state index contributed by atoms with van der Waals surface area (Å²) in [6.45, 7) is 4.33. The number of para-hydroxylation sites is 2. The van der Waals surface area contributed by atoms with Crippen LogP contribution in [0.1, 0.15) is 25.2 Å². The van der Waals surface area contributed by atoms with Crippen LogP contribution in [0.4, 0.5) is 0 Å². The molecular formula is C29H22N4Pt. The predicted octanol–water partition coefficient (Wildman–Crippen LogP) is 6.29. The molecule has 0 N–H and O–H groups in total. The van der Waals surface area contributed by atoms with Gasteiger partial charge in [-0.3, -0.25) is 9.97 Å². The van der Waals surface area contributed by atoms with Crippen molar-refractivity contribution >= 4 is 21.8 Å². The maximum absolute atomic E-state index is 5.03. The van der Waals surface area contributed by atoms with Gasteiger partial charge in [0.2, 0.25) is 0 Å². The number of rotatable bonds is 4. The summed E-state index contributed by atoms with van der Waals surface area (Å²) in [6.07, 6.45) is 6.65. The molecule has 0 fully saturated rings. The maximum Gasteiger partial charge on any atom is 2.00 e. The Morgan fingerprint density at radius 1 is 0.588 bits per heavy atom. The van der Waals surface area contributed by atoms with Gasteiger partial charge in [0.1, 0.15) is 0 Å². The van der Waals surface area contributed by atoms with Gasteiger partial charge in [0.25, 0.3) is 0 Å². The van der Waals surface area contributed by atoms with Crippen LogP contribution >= 0.6 is 0 Å². The van der Waals surface area contributed by atoms with E-state index in [0.717, 1.165) is 44.8 Å². The van der Waals surface area contributed by atoms with Gasteiger partial charge in [-0.25, -0.2) is 0 Å². The van der Waals surface area contributed by atoms with Crippen LogP contribution in [0.2, 0.25) is 0 Å². The molecule has 0 atom stereocenters. The molecule has 6 rings (SSSR count). The van der Waals surface area contributed by atoms with Crippen molar-refractivity contribution in [3.63, 3.8) is 0 Å². The second-order valence-electron chi connectivity index (χ2n) is 8.72. The zero-order valence-electron chi connectivity index (χ0n) is 18.8. The molecule has 0 radical (unpaired) electrons. The van der Waals surface area contributed by atoms with Crippen LogP contribution in [-0.4, -0.2) is 19.1 Å². The molecule has 0 aliphatic heterocycles. The number of benzene rings is 2. The third-order valence-electron chi connectivity index (χ3n) is 6.26. The summed E-state index contributed by atoms with van der Waals surface area (Å²) >= 11 is 0. The smallest absolute Gasteiger partial charge is 0.429 e. The van der Waals surface area contributed by atoms with Gasteiger partial charge in [0.15, 0.2) is 0 Å². The first kappa shape index (κ1) is 22.3. The zero-order chi connectivity index (χ0) is 22.4. The van der Waals surface area contributed by atoms with E-state index >= 15 is 0 Å². The minimum atomic E-state index is -0.391. The first-order chi connectivity index (χ1) is 16.1. The first-order valence-corrected chi connectivity index (χ1v) is 11.0. The Labute approximate surface area is 213 Å². The van der Waals surface area contributed by atoms with Gasteiger partial charge in [0, 0.05) is 16.8 Å².